The van der Waals surface area contributed by atoms with Crippen LogP contribution in [0.1, 0.15) is 26.3 Å². The molecule has 0 fully saturated rings. The SMILES string of the molecule is CC(C)(C)C1=C2C=NC=C[NH+]2C(c2ccc3ccc(-c4ccccc4)nc3c2)=N1.[Cl-]. The molecule has 0 aliphatic carbocycles. The lowest BCUT2D eigenvalue weighted by atomic mass is 9.91. The van der Waals surface area contributed by atoms with Crippen molar-refractivity contribution in [1.29, 1.82) is 0 Å². The summed E-state index contributed by atoms with van der Waals surface area (Å²) >= 11 is 0. The van der Waals surface area contributed by atoms with Crippen LogP contribution in [-0.4, -0.2) is 17.0 Å². The number of hydrogen-bond donors (Lipinski definition) is 1. The maximum Gasteiger partial charge on any atom is 0.243 e. The molecule has 0 saturated heterocycles. The molecule has 0 radical (unpaired) electrons. The summed E-state index contributed by atoms with van der Waals surface area (Å²) in [6.07, 6.45) is 5.83. The molecular formula is C25H23ClN4. The average molecular weight is 415 g/mol. The van der Waals surface area contributed by atoms with Gasteiger partial charge in [-0.15, -0.1) is 0 Å². The fourth-order valence-electron chi connectivity index (χ4n) is 3.85. The second-order valence-electron chi connectivity index (χ2n) is 8.45. The standard InChI is InChI=1S/C25H22N4.ClH/c1-25(2,3)23-22-16-26-13-14-29(22)24(28-23)19-10-9-18-11-12-20(27-21(18)15-19)17-7-5-4-6-8-17;/h4-16H,1-3H3;1H. The van der Waals surface area contributed by atoms with Gasteiger partial charge in [0.05, 0.1) is 29.2 Å². The molecule has 2 aliphatic rings. The van der Waals surface area contributed by atoms with Crippen LogP contribution in [0.4, 0.5) is 0 Å². The number of quaternary nitrogens is 1. The van der Waals surface area contributed by atoms with Crippen LogP contribution in [0.15, 0.2) is 94.4 Å². The van der Waals surface area contributed by atoms with Gasteiger partial charge < -0.3 is 12.4 Å². The molecule has 2 aromatic carbocycles. The smallest absolute Gasteiger partial charge is 0.243 e. The van der Waals surface area contributed by atoms with Gasteiger partial charge in [-0.25, -0.2) is 9.88 Å². The van der Waals surface area contributed by atoms with Crippen LogP contribution in [0.25, 0.3) is 22.2 Å². The molecular weight excluding hydrogens is 392 g/mol. The number of rotatable bonds is 2. The van der Waals surface area contributed by atoms with Crippen LogP contribution < -0.4 is 17.3 Å². The number of nitrogens with one attached hydrogen (secondary N) is 1. The van der Waals surface area contributed by atoms with Crippen molar-refractivity contribution < 1.29 is 17.3 Å². The lowest BCUT2D eigenvalue weighted by Crippen LogP contribution is -3.08. The van der Waals surface area contributed by atoms with Gasteiger partial charge in [0.25, 0.3) is 0 Å². The van der Waals surface area contributed by atoms with Gasteiger partial charge >= 0.3 is 0 Å². The summed E-state index contributed by atoms with van der Waals surface area (Å²) in [7, 11) is 0. The largest absolute Gasteiger partial charge is 1.00 e. The third kappa shape index (κ3) is 3.49. The monoisotopic (exact) mass is 414 g/mol. The van der Waals surface area contributed by atoms with E-state index in [9.17, 15) is 0 Å². The Morgan fingerprint density at radius 1 is 0.867 bits per heavy atom. The first kappa shape index (κ1) is 20.2. The molecule has 0 amide bonds. The summed E-state index contributed by atoms with van der Waals surface area (Å²) in [6.45, 7) is 6.58. The molecule has 30 heavy (non-hydrogen) atoms. The number of aromatic nitrogens is 1. The Hall–Kier alpha value is -3.08. The maximum atomic E-state index is 5.05. The lowest BCUT2D eigenvalue weighted by Gasteiger charge is -2.18. The summed E-state index contributed by atoms with van der Waals surface area (Å²) in [6, 6.07) is 20.9. The topological polar surface area (TPSA) is 42.0 Å². The van der Waals surface area contributed by atoms with E-state index in [1.54, 1.807) is 0 Å². The molecule has 0 saturated carbocycles. The van der Waals surface area contributed by atoms with Gasteiger partial charge in [-0.1, -0.05) is 63.2 Å². The third-order valence-electron chi connectivity index (χ3n) is 5.30. The molecule has 5 heteroatoms. The summed E-state index contributed by atoms with van der Waals surface area (Å²) in [5.41, 5.74) is 6.33. The second kappa shape index (κ2) is 7.63. The summed E-state index contributed by atoms with van der Waals surface area (Å²) in [5.74, 6) is 1.00. The van der Waals surface area contributed by atoms with Crippen molar-refractivity contribution in [2.24, 2.45) is 15.4 Å². The number of amidine groups is 1. The fraction of sp³-hybridized carbons (Fsp3) is 0.160. The van der Waals surface area contributed by atoms with Crippen LogP contribution in [-0.2, 0) is 0 Å². The Kier molecular flexibility index (Phi) is 5.14. The lowest BCUT2D eigenvalue weighted by molar-refractivity contribution is -0.689. The van der Waals surface area contributed by atoms with E-state index >= 15 is 0 Å². The first-order valence-electron chi connectivity index (χ1n) is 9.88. The van der Waals surface area contributed by atoms with Gasteiger partial charge in [-0.05, 0) is 18.2 Å². The highest BCUT2D eigenvalue weighted by Crippen LogP contribution is 2.31. The maximum absolute atomic E-state index is 5.05. The number of allylic oxidation sites excluding steroid dienone is 2. The molecule has 4 nitrogen and oxygen atoms in total. The van der Waals surface area contributed by atoms with E-state index in [2.05, 4.69) is 74.4 Å². The first-order chi connectivity index (χ1) is 14.0. The average Bonchev–Trinajstić information content (AvgIpc) is 3.14. The minimum Gasteiger partial charge on any atom is -1.00 e. The highest BCUT2D eigenvalue weighted by atomic mass is 35.5. The van der Waals surface area contributed by atoms with Crippen molar-refractivity contribution in [2.45, 2.75) is 20.8 Å². The molecule has 0 bridgehead atoms. The van der Waals surface area contributed by atoms with Gasteiger partial charge in [0.15, 0.2) is 5.70 Å². The molecule has 1 unspecified atom stereocenters. The molecule has 3 heterocycles. The zero-order valence-corrected chi connectivity index (χ0v) is 18.0. The Morgan fingerprint density at radius 2 is 1.63 bits per heavy atom. The van der Waals surface area contributed by atoms with Crippen molar-refractivity contribution >= 4 is 23.0 Å². The number of hydrogen-bond acceptors (Lipinski definition) is 3. The number of fused-ring (bicyclic) bond motifs is 2. The molecule has 1 aromatic heterocycles. The Labute approximate surface area is 182 Å². The second-order valence-corrected chi connectivity index (χ2v) is 8.45. The zero-order chi connectivity index (χ0) is 20.0. The number of pyridine rings is 1. The number of halogens is 1. The fourth-order valence-corrected chi connectivity index (χ4v) is 3.85. The molecule has 3 aromatic rings. The van der Waals surface area contributed by atoms with Crippen molar-refractivity contribution in [2.75, 3.05) is 0 Å². The van der Waals surface area contributed by atoms with E-state index in [1.165, 1.54) is 0 Å². The molecule has 0 spiro atoms. The van der Waals surface area contributed by atoms with Gasteiger partial charge in [-0.3, -0.25) is 4.99 Å². The van der Waals surface area contributed by atoms with E-state index in [4.69, 9.17) is 9.98 Å². The molecule has 2 aliphatic heterocycles. The van der Waals surface area contributed by atoms with Crippen LogP contribution in [0, 0.1) is 5.41 Å². The van der Waals surface area contributed by atoms with Crippen LogP contribution in [0.3, 0.4) is 0 Å². The summed E-state index contributed by atoms with van der Waals surface area (Å²) in [4.78, 5) is 15.5. The Morgan fingerprint density at radius 3 is 2.40 bits per heavy atom. The van der Waals surface area contributed by atoms with Crippen molar-refractivity contribution in [3.63, 3.8) is 0 Å². The Bertz CT molecular complexity index is 1230. The summed E-state index contributed by atoms with van der Waals surface area (Å²) < 4.78 is 0. The highest BCUT2D eigenvalue weighted by Gasteiger charge is 2.37. The molecule has 5 rings (SSSR count). The van der Waals surface area contributed by atoms with E-state index in [0.29, 0.717) is 0 Å². The van der Waals surface area contributed by atoms with Crippen LogP contribution >= 0.6 is 0 Å². The normalized spacial score (nSPS) is 17.7. The predicted octanol–water partition coefficient (Wildman–Crippen LogP) is 1.36. The van der Waals surface area contributed by atoms with Gasteiger partial charge in [0, 0.05) is 16.4 Å². The minimum absolute atomic E-state index is 0. The highest BCUT2D eigenvalue weighted by molar-refractivity contribution is 6.01. The Balaban J connectivity index is 0.00000218. The molecule has 150 valence electrons. The van der Waals surface area contributed by atoms with Crippen molar-refractivity contribution in [1.82, 2.24) is 4.98 Å². The van der Waals surface area contributed by atoms with Crippen molar-refractivity contribution in [3.05, 3.63) is 90.0 Å². The van der Waals surface area contributed by atoms with Gasteiger partial charge in [-0.2, -0.15) is 4.99 Å². The number of aliphatic imine (C=N–C) groups is 2. The van der Waals surface area contributed by atoms with E-state index in [-0.39, 0.29) is 17.8 Å². The third-order valence-corrected chi connectivity index (χ3v) is 5.30. The van der Waals surface area contributed by atoms with E-state index in [1.807, 2.05) is 30.6 Å². The molecule has 1 atom stereocenters. The van der Waals surface area contributed by atoms with E-state index < -0.39 is 0 Å². The van der Waals surface area contributed by atoms with Crippen molar-refractivity contribution in [3.8, 4) is 11.3 Å². The van der Waals surface area contributed by atoms with Gasteiger partial charge in [0.1, 0.15) is 11.9 Å². The minimum atomic E-state index is -0.0465. The number of nitrogens with zero attached hydrogens (tertiary/aromatic N) is 3. The van der Waals surface area contributed by atoms with Crippen LogP contribution in [0.2, 0.25) is 0 Å². The van der Waals surface area contributed by atoms with Gasteiger partial charge in [0.2, 0.25) is 5.84 Å². The zero-order valence-electron chi connectivity index (χ0n) is 17.2. The number of benzene rings is 2. The summed E-state index contributed by atoms with van der Waals surface area (Å²) in [5, 5.41) is 1.13. The quantitative estimate of drug-likeness (QED) is 0.676. The molecule has 1 N–H and O–H groups in total. The van der Waals surface area contributed by atoms with Crippen LogP contribution in [0.5, 0.6) is 0 Å². The van der Waals surface area contributed by atoms with E-state index in [0.717, 1.165) is 49.9 Å². The predicted molar refractivity (Wildman–Crippen MR) is 119 cm³/mol. The first-order valence-corrected chi connectivity index (χ1v) is 9.88.